The minimum absolute atomic E-state index is 0.112. The van der Waals surface area contributed by atoms with Crippen molar-refractivity contribution in [3.8, 4) is 0 Å². The average molecular weight is 180 g/mol. The number of amides is 1. The Kier molecular flexibility index (Phi) is 2.36. The number of hydrogen-bond acceptors (Lipinski definition) is 3. The monoisotopic (exact) mass is 180 g/mol. The van der Waals surface area contributed by atoms with Gasteiger partial charge in [0.1, 0.15) is 0 Å². The second-order valence-corrected chi connectivity index (χ2v) is 2.95. The molecule has 13 heavy (non-hydrogen) atoms. The van der Waals surface area contributed by atoms with Gasteiger partial charge in [0, 0.05) is 6.20 Å². The number of allylic oxidation sites excluding steroid dienone is 1. The number of rotatable bonds is 3. The molecule has 1 rings (SSSR count). The first-order chi connectivity index (χ1) is 6.00. The van der Waals surface area contributed by atoms with Crippen molar-refractivity contribution in [3.63, 3.8) is 0 Å². The molecule has 0 radical (unpaired) electrons. The van der Waals surface area contributed by atoms with Crippen LogP contribution in [0.4, 0.5) is 5.69 Å². The zero-order valence-corrected chi connectivity index (χ0v) is 7.45. The van der Waals surface area contributed by atoms with Crippen molar-refractivity contribution in [2.45, 2.75) is 13.5 Å². The SMILES string of the molecule is C=C(C)Cn1cc(N)c(C(N)=O)n1. The van der Waals surface area contributed by atoms with Crippen molar-refractivity contribution in [2.75, 3.05) is 5.73 Å². The highest BCUT2D eigenvalue weighted by atomic mass is 16.1. The second kappa shape index (κ2) is 3.30. The largest absolute Gasteiger partial charge is 0.396 e. The van der Waals surface area contributed by atoms with E-state index >= 15 is 0 Å². The molecule has 70 valence electrons. The zero-order chi connectivity index (χ0) is 10.0. The fourth-order valence-corrected chi connectivity index (χ4v) is 0.986. The zero-order valence-electron chi connectivity index (χ0n) is 7.45. The van der Waals surface area contributed by atoms with Gasteiger partial charge in [0.2, 0.25) is 0 Å². The first-order valence-corrected chi connectivity index (χ1v) is 3.78. The van der Waals surface area contributed by atoms with Gasteiger partial charge < -0.3 is 11.5 Å². The van der Waals surface area contributed by atoms with Crippen molar-refractivity contribution in [2.24, 2.45) is 5.73 Å². The summed E-state index contributed by atoms with van der Waals surface area (Å²) in [7, 11) is 0. The molecule has 1 aromatic heterocycles. The Morgan fingerprint density at radius 1 is 1.77 bits per heavy atom. The Morgan fingerprint density at radius 3 is 2.77 bits per heavy atom. The van der Waals surface area contributed by atoms with Crippen molar-refractivity contribution in [3.05, 3.63) is 24.0 Å². The molecular weight excluding hydrogens is 168 g/mol. The number of primary amides is 1. The van der Waals surface area contributed by atoms with Crippen molar-refractivity contribution >= 4 is 11.6 Å². The van der Waals surface area contributed by atoms with E-state index in [2.05, 4.69) is 11.7 Å². The van der Waals surface area contributed by atoms with Crippen LogP contribution in [0.25, 0.3) is 0 Å². The van der Waals surface area contributed by atoms with Gasteiger partial charge in [-0.15, -0.1) is 0 Å². The number of aromatic nitrogens is 2. The van der Waals surface area contributed by atoms with Crippen LogP contribution in [0.15, 0.2) is 18.3 Å². The molecule has 5 nitrogen and oxygen atoms in total. The molecular formula is C8H12N4O. The van der Waals surface area contributed by atoms with Gasteiger partial charge in [0.15, 0.2) is 5.69 Å². The van der Waals surface area contributed by atoms with Gasteiger partial charge in [-0.3, -0.25) is 9.48 Å². The number of nitrogen functional groups attached to an aromatic ring is 1. The van der Waals surface area contributed by atoms with Gasteiger partial charge in [-0.1, -0.05) is 12.2 Å². The summed E-state index contributed by atoms with van der Waals surface area (Å²) in [4.78, 5) is 10.8. The molecule has 0 aliphatic carbocycles. The van der Waals surface area contributed by atoms with E-state index < -0.39 is 5.91 Å². The van der Waals surface area contributed by atoms with Crippen molar-refractivity contribution in [1.82, 2.24) is 9.78 Å². The fraction of sp³-hybridized carbons (Fsp3) is 0.250. The lowest BCUT2D eigenvalue weighted by Crippen LogP contribution is -2.14. The maximum Gasteiger partial charge on any atom is 0.271 e. The van der Waals surface area contributed by atoms with Crippen LogP contribution in [0.3, 0.4) is 0 Å². The maximum atomic E-state index is 10.8. The summed E-state index contributed by atoms with van der Waals surface area (Å²) in [6.07, 6.45) is 1.56. The molecule has 0 unspecified atom stereocenters. The molecule has 0 aliphatic heterocycles. The number of carbonyl (C=O) groups is 1. The number of hydrogen-bond donors (Lipinski definition) is 2. The third-order valence-electron chi connectivity index (χ3n) is 1.46. The summed E-state index contributed by atoms with van der Waals surface area (Å²) < 4.78 is 1.54. The van der Waals surface area contributed by atoms with E-state index in [1.807, 2.05) is 6.92 Å². The van der Waals surface area contributed by atoms with Crippen LogP contribution >= 0.6 is 0 Å². The average Bonchev–Trinajstić information content (AvgIpc) is 2.29. The highest BCUT2D eigenvalue weighted by molar-refractivity contribution is 5.95. The molecule has 5 heteroatoms. The minimum Gasteiger partial charge on any atom is -0.396 e. The van der Waals surface area contributed by atoms with Crippen molar-refractivity contribution in [1.29, 1.82) is 0 Å². The topological polar surface area (TPSA) is 86.9 Å². The first kappa shape index (κ1) is 9.31. The molecule has 4 N–H and O–H groups in total. The third-order valence-corrected chi connectivity index (χ3v) is 1.46. The first-order valence-electron chi connectivity index (χ1n) is 3.78. The normalized spacial score (nSPS) is 9.92. The lowest BCUT2D eigenvalue weighted by molar-refractivity contribution is 0.0995. The van der Waals surface area contributed by atoms with Crippen LogP contribution in [0, 0.1) is 0 Å². The quantitative estimate of drug-likeness (QED) is 0.648. The molecule has 0 atom stereocenters. The Morgan fingerprint density at radius 2 is 2.38 bits per heavy atom. The number of nitrogens with zero attached hydrogens (tertiary/aromatic N) is 2. The van der Waals surface area contributed by atoms with Gasteiger partial charge in [-0.25, -0.2) is 0 Å². The fourth-order valence-electron chi connectivity index (χ4n) is 0.986. The maximum absolute atomic E-state index is 10.8. The van der Waals surface area contributed by atoms with E-state index in [1.54, 1.807) is 6.20 Å². The molecule has 0 bridgehead atoms. The van der Waals surface area contributed by atoms with Crippen LogP contribution in [0.5, 0.6) is 0 Å². The second-order valence-electron chi connectivity index (χ2n) is 2.95. The minimum atomic E-state index is -0.613. The summed E-state index contributed by atoms with van der Waals surface area (Å²) in [5.41, 5.74) is 11.9. The Labute approximate surface area is 76.0 Å². The lowest BCUT2D eigenvalue weighted by atomic mass is 10.3. The molecule has 0 aliphatic rings. The highest BCUT2D eigenvalue weighted by Crippen LogP contribution is 2.08. The van der Waals surface area contributed by atoms with E-state index in [0.29, 0.717) is 12.2 Å². The van der Waals surface area contributed by atoms with E-state index in [9.17, 15) is 4.79 Å². The van der Waals surface area contributed by atoms with Gasteiger partial charge in [-0.05, 0) is 6.92 Å². The van der Waals surface area contributed by atoms with E-state index in [-0.39, 0.29) is 5.69 Å². The predicted octanol–water partition coefficient (Wildman–Crippen LogP) is 0.140. The van der Waals surface area contributed by atoms with Crippen LogP contribution in [-0.2, 0) is 6.54 Å². The third kappa shape index (κ3) is 2.08. The molecule has 0 saturated carbocycles. The van der Waals surface area contributed by atoms with E-state index in [1.165, 1.54) is 4.68 Å². The number of carbonyl (C=O) groups excluding carboxylic acids is 1. The molecule has 1 aromatic rings. The molecule has 1 heterocycles. The summed E-state index contributed by atoms with van der Waals surface area (Å²) >= 11 is 0. The lowest BCUT2D eigenvalue weighted by Gasteiger charge is -1.97. The molecule has 0 aromatic carbocycles. The Bertz CT molecular complexity index is 353. The van der Waals surface area contributed by atoms with Gasteiger partial charge in [0.05, 0.1) is 12.2 Å². The van der Waals surface area contributed by atoms with Crippen molar-refractivity contribution < 1.29 is 4.79 Å². The van der Waals surface area contributed by atoms with E-state index in [4.69, 9.17) is 11.5 Å². The molecule has 1 amide bonds. The smallest absolute Gasteiger partial charge is 0.271 e. The summed E-state index contributed by atoms with van der Waals surface area (Å²) in [6, 6.07) is 0. The van der Waals surface area contributed by atoms with Crippen LogP contribution in [0.2, 0.25) is 0 Å². The van der Waals surface area contributed by atoms with Crippen LogP contribution in [-0.4, -0.2) is 15.7 Å². The van der Waals surface area contributed by atoms with Crippen LogP contribution in [0.1, 0.15) is 17.4 Å². The highest BCUT2D eigenvalue weighted by Gasteiger charge is 2.10. The van der Waals surface area contributed by atoms with Crippen LogP contribution < -0.4 is 11.5 Å². The van der Waals surface area contributed by atoms with Gasteiger partial charge in [0.25, 0.3) is 5.91 Å². The summed E-state index contributed by atoms with van der Waals surface area (Å²) in [5.74, 6) is -0.613. The Balaban J connectivity index is 2.95. The predicted molar refractivity (Wildman–Crippen MR) is 50.0 cm³/mol. The van der Waals surface area contributed by atoms with Gasteiger partial charge in [-0.2, -0.15) is 5.10 Å². The standard InChI is InChI=1S/C8H12N4O/c1-5(2)3-12-4-6(9)7(11-12)8(10)13/h4H,1,3,9H2,2H3,(H2,10,13). The summed E-state index contributed by atoms with van der Waals surface area (Å²) in [6.45, 7) is 6.12. The van der Waals surface area contributed by atoms with Gasteiger partial charge >= 0.3 is 0 Å². The number of nitrogens with two attached hydrogens (primary N) is 2. The molecule has 0 fully saturated rings. The Hall–Kier alpha value is -1.78. The molecule has 0 spiro atoms. The van der Waals surface area contributed by atoms with E-state index in [0.717, 1.165) is 5.57 Å². The summed E-state index contributed by atoms with van der Waals surface area (Å²) in [5, 5.41) is 3.91. The number of anilines is 1. The molecule has 0 saturated heterocycles.